The molecule has 1 amide bonds. The van der Waals surface area contributed by atoms with Gasteiger partial charge in [0.25, 0.3) is 5.91 Å². The highest BCUT2D eigenvalue weighted by molar-refractivity contribution is 5.95. The van der Waals surface area contributed by atoms with Crippen LogP contribution >= 0.6 is 0 Å². The normalized spacial score (nSPS) is 21.5. The van der Waals surface area contributed by atoms with E-state index >= 15 is 0 Å². The van der Waals surface area contributed by atoms with Gasteiger partial charge in [0.2, 0.25) is 0 Å². The van der Waals surface area contributed by atoms with E-state index < -0.39 is 11.4 Å². The number of benzene rings is 2. The molecule has 0 atom stereocenters. The Labute approximate surface area is 210 Å². The van der Waals surface area contributed by atoms with Crippen LogP contribution in [-0.4, -0.2) is 27.6 Å². The number of ether oxygens (including phenoxy) is 1. The number of carbonyl (C=O) groups is 2. The van der Waals surface area contributed by atoms with Crippen molar-refractivity contribution in [2.24, 2.45) is 11.7 Å². The Bertz CT molecular complexity index is 1280. The summed E-state index contributed by atoms with van der Waals surface area (Å²) in [7, 11) is 0. The number of aromatic nitrogens is 2. The van der Waals surface area contributed by atoms with Crippen molar-refractivity contribution in [1.29, 1.82) is 5.26 Å². The molecule has 0 saturated heterocycles. The predicted octanol–water partition coefficient (Wildman–Crippen LogP) is 4.80. The number of rotatable bonds is 9. The molecule has 2 N–H and O–H groups in total. The molecule has 5 rings (SSSR count). The highest BCUT2D eigenvalue weighted by atomic mass is 16.5. The van der Waals surface area contributed by atoms with Gasteiger partial charge in [-0.1, -0.05) is 42.5 Å². The van der Waals surface area contributed by atoms with E-state index in [1.54, 1.807) is 10.9 Å². The van der Waals surface area contributed by atoms with E-state index in [0.717, 1.165) is 42.6 Å². The lowest BCUT2D eigenvalue weighted by molar-refractivity contribution is -0.119. The van der Waals surface area contributed by atoms with Crippen LogP contribution in [0.5, 0.6) is 5.75 Å². The summed E-state index contributed by atoms with van der Waals surface area (Å²) in [6, 6.07) is 20.6. The monoisotopic (exact) mass is 482 g/mol. The SMILES string of the molecule is N#CCC1(n2cc(C(N)=O)c(CC(=O)C3CC3)n2)CCC(Oc2ccc(-c3ccccc3)cc2)CC1. The first kappa shape index (κ1) is 23.8. The van der Waals surface area contributed by atoms with Crippen molar-refractivity contribution in [3.8, 4) is 22.9 Å². The number of ketones is 1. The van der Waals surface area contributed by atoms with E-state index in [2.05, 4.69) is 35.4 Å². The van der Waals surface area contributed by atoms with Crippen LogP contribution in [0.1, 0.15) is 61.0 Å². The maximum atomic E-state index is 12.4. The molecule has 184 valence electrons. The zero-order valence-corrected chi connectivity index (χ0v) is 20.2. The maximum Gasteiger partial charge on any atom is 0.252 e. The Balaban J connectivity index is 1.28. The van der Waals surface area contributed by atoms with Gasteiger partial charge in [0.05, 0.1) is 41.8 Å². The summed E-state index contributed by atoms with van der Waals surface area (Å²) in [4.78, 5) is 24.5. The van der Waals surface area contributed by atoms with E-state index in [4.69, 9.17) is 10.5 Å². The average Bonchev–Trinajstić information content (AvgIpc) is 3.66. The molecule has 0 aliphatic heterocycles. The molecule has 2 aromatic carbocycles. The number of carbonyl (C=O) groups excluding carboxylic acids is 2. The second kappa shape index (κ2) is 9.98. The molecule has 2 aliphatic rings. The van der Waals surface area contributed by atoms with E-state index in [1.165, 1.54) is 0 Å². The Morgan fingerprint density at radius 1 is 1.03 bits per heavy atom. The molecule has 2 aliphatic carbocycles. The van der Waals surface area contributed by atoms with Crippen molar-refractivity contribution in [3.63, 3.8) is 0 Å². The number of Topliss-reactive ketones (excluding diaryl/α,β-unsaturated/α-hetero) is 1. The molecule has 0 radical (unpaired) electrons. The summed E-state index contributed by atoms with van der Waals surface area (Å²) in [5, 5.41) is 14.3. The minimum absolute atomic E-state index is 0.0291. The number of nitriles is 1. The summed E-state index contributed by atoms with van der Waals surface area (Å²) in [5.41, 5.74) is 8.07. The third-order valence-corrected chi connectivity index (χ3v) is 7.45. The minimum atomic E-state index is -0.595. The Morgan fingerprint density at radius 3 is 2.31 bits per heavy atom. The molecule has 1 heterocycles. The van der Waals surface area contributed by atoms with Crippen molar-refractivity contribution in [2.75, 3.05) is 0 Å². The molecule has 7 nitrogen and oxygen atoms in total. The van der Waals surface area contributed by atoms with Crippen LogP contribution in [0.25, 0.3) is 11.1 Å². The van der Waals surface area contributed by atoms with Gasteiger partial charge in [-0.25, -0.2) is 0 Å². The second-order valence-corrected chi connectivity index (χ2v) is 9.98. The Morgan fingerprint density at radius 2 is 1.69 bits per heavy atom. The first-order chi connectivity index (χ1) is 17.5. The molecule has 0 spiro atoms. The zero-order valence-electron chi connectivity index (χ0n) is 20.2. The number of nitrogens with two attached hydrogens (primary N) is 1. The van der Waals surface area contributed by atoms with Gasteiger partial charge in [0.15, 0.2) is 0 Å². The van der Waals surface area contributed by atoms with Gasteiger partial charge < -0.3 is 10.5 Å². The first-order valence-electron chi connectivity index (χ1n) is 12.6. The van der Waals surface area contributed by atoms with Gasteiger partial charge >= 0.3 is 0 Å². The summed E-state index contributed by atoms with van der Waals surface area (Å²) in [5.74, 6) is 0.414. The van der Waals surface area contributed by atoms with Crippen LogP contribution in [0.15, 0.2) is 60.8 Å². The first-order valence-corrected chi connectivity index (χ1v) is 12.6. The number of amides is 1. The Kier molecular flexibility index (Phi) is 6.60. The number of hydrogen-bond donors (Lipinski definition) is 1. The van der Waals surface area contributed by atoms with Crippen LogP contribution in [-0.2, 0) is 16.8 Å². The fourth-order valence-corrected chi connectivity index (χ4v) is 5.13. The van der Waals surface area contributed by atoms with Crippen LogP contribution in [0.2, 0.25) is 0 Å². The summed E-state index contributed by atoms with van der Waals surface area (Å²) in [6.07, 6.45) is 6.73. The van der Waals surface area contributed by atoms with Crippen LogP contribution < -0.4 is 10.5 Å². The molecule has 2 saturated carbocycles. The quantitative estimate of drug-likeness (QED) is 0.471. The Hall–Kier alpha value is -3.92. The molecule has 3 aromatic rings. The average molecular weight is 483 g/mol. The fourth-order valence-electron chi connectivity index (χ4n) is 5.13. The van der Waals surface area contributed by atoms with Crippen molar-refractivity contribution in [1.82, 2.24) is 9.78 Å². The van der Waals surface area contributed by atoms with Gasteiger partial charge in [-0.2, -0.15) is 10.4 Å². The van der Waals surface area contributed by atoms with Gasteiger partial charge in [-0.15, -0.1) is 0 Å². The number of nitrogens with zero attached hydrogens (tertiary/aromatic N) is 3. The van der Waals surface area contributed by atoms with E-state index in [0.29, 0.717) is 18.5 Å². The van der Waals surface area contributed by atoms with Crippen molar-refractivity contribution < 1.29 is 14.3 Å². The van der Waals surface area contributed by atoms with Gasteiger partial charge in [-0.05, 0) is 61.8 Å². The number of hydrogen-bond acceptors (Lipinski definition) is 5. The molecule has 36 heavy (non-hydrogen) atoms. The lowest BCUT2D eigenvalue weighted by Gasteiger charge is -2.39. The molecule has 2 fully saturated rings. The van der Waals surface area contributed by atoms with Gasteiger partial charge in [0, 0.05) is 12.1 Å². The topological polar surface area (TPSA) is 111 Å². The van der Waals surface area contributed by atoms with Crippen LogP contribution in [0, 0.1) is 17.2 Å². The summed E-state index contributed by atoms with van der Waals surface area (Å²) in [6.45, 7) is 0. The van der Waals surface area contributed by atoms with E-state index in [9.17, 15) is 14.9 Å². The molecular formula is C29H30N4O3. The van der Waals surface area contributed by atoms with E-state index in [1.807, 2.05) is 30.3 Å². The largest absolute Gasteiger partial charge is 0.490 e. The highest BCUT2D eigenvalue weighted by Crippen LogP contribution is 2.40. The fraction of sp³-hybridized carbons (Fsp3) is 0.379. The smallest absolute Gasteiger partial charge is 0.252 e. The molecular weight excluding hydrogens is 452 g/mol. The molecule has 0 bridgehead atoms. The van der Waals surface area contributed by atoms with Crippen LogP contribution in [0.4, 0.5) is 0 Å². The molecule has 1 aromatic heterocycles. The van der Waals surface area contributed by atoms with Crippen molar-refractivity contribution >= 4 is 11.7 Å². The number of primary amides is 1. The van der Waals surface area contributed by atoms with E-state index in [-0.39, 0.29) is 36.2 Å². The third-order valence-electron chi connectivity index (χ3n) is 7.45. The minimum Gasteiger partial charge on any atom is -0.490 e. The third kappa shape index (κ3) is 5.03. The lowest BCUT2D eigenvalue weighted by atomic mass is 9.78. The summed E-state index contributed by atoms with van der Waals surface area (Å²) < 4.78 is 8.01. The van der Waals surface area contributed by atoms with Gasteiger partial charge in [0.1, 0.15) is 11.5 Å². The van der Waals surface area contributed by atoms with Crippen molar-refractivity contribution in [2.45, 2.75) is 63.0 Å². The highest BCUT2D eigenvalue weighted by Gasteiger charge is 2.40. The van der Waals surface area contributed by atoms with Gasteiger partial charge in [-0.3, -0.25) is 14.3 Å². The van der Waals surface area contributed by atoms with Crippen LogP contribution in [0.3, 0.4) is 0 Å². The van der Waals surface area contributed by atoms with Crippen molar-refractivity contribution in [3.05, 3.63) is 72.1 Å². The lowest BCUT2D eigenvalue weighted by Crippen LogP contribution is -2.40. The molecule has 7 heteroatoms. The molecule has 0 unspecified atom stereocenters. The second-order valence-electron chi connectivity index (χ2n) is 9.98. The maximum absolute atomic E-state index is 12.4. The predicted molar refractivity (Wildman–Crippen MR) is 135 cm³/mol. The standard InChI is InChI=1S/C29H30N4O3/c30-17-16-29(33-19-25(28(31)35)26(32-33)18-27(34)22-6-7-22)14-12-24(13-15-29)36-23-10-8-21(9-11-23)20-4-2-1-3-5-20/h1-5,8-11,19,22,24H,6-7,12-16,18H2,(H2,31,35). The zero-order chi connectivity index (χ0) is 25.1. The summed E-state index contributed by atoms with van der Waals surface area (Å²) >= 11 is 0.